The molecule has 76 valence electrons. The molecule has 0 aliphatic carbocycles. The molecule has 6 nitrogen and oxygen atoms in total. The van der Waals surface area contributed by atoms with Crippen molar-refractivity contribution in [1.29, 1.82) is 0 Å². The van der Waals surface area contributed by atoms with Crippen LogP contribution in [0.2, 0.25) is 0 Å². The van der Waals surface area contributed by atoms with Crippen LogP contribution in [0.5, 0.6) is 0 Å². The third-order valence-electron chi connectivity index (χ3n) is 2.25. The molecule has 4 N–H and O–H groups in total. The number of nitrogens with one attached hydrogen (secondary N) is 2. The number of aromatic amines is 1. The van der Waals surface area contributed by atoms with Gasteiger partial charge in [-0.15, -0.1) is 0 Å². The van der Waals surface area contributed by atoms with E-state index in [2.05, 4.69) is 15.5 Å². The summed E-state index contributed by atoms with van der Waals surface area (Å²) in [5, 5.41) is 8.99. The van der Waals surface area contributed by atoms with Gasteiger partial charge in [0, 0.05) is 12.7 Å². The molecular weight excluding hydrogens is 184 g/mol. The highest BCUT2D eigenvalue weighted by atomic mass is 16.5. The first kappa shape index (κ1) is 9.17. The molecule has 6 heteroatoms. The van der Waals surface area contributed by atoms with Crippen molar-refractivity contribution in [3.63, 3.8) is 0 Å². The fourth-order valence-corrected chi connectivity index (χ4v) is 1.33. The Hall–Kier alpha value is -1.40. The third-order valence-corrected chi connectivity index (χ3v) is 2.25. The maximum absolute atomic E-state index is 11.7. The van der Waals surface area contributed by atoms with Crippen LogP contribution in [0.1, 0.15) is 6.42 Å². The van der Waals surface area contributed by atoms with Crippen LogP contribution in [0.15, 0.2) is 12.3 Å². The number of amides is 1. The van der Waals surface area contributed by atoms with Crippen LogP contribution in [0.4, 0.5) is 5.82 Å². The van der Waals surface area contributed by atoms with Gasteiger partial charge >= 0.3 is 0 Å². The second-order valence-electron chi connectivity index (χ2n) is 3.38. The molecule has 0 bridgehead atoms. The lowest BCUT2D eigenvalue weighted by atomic mass is 9.99. The molecule has 0 spiro atoms. The number of rotatable bonds is 2. The fraction of sp³-hybridized carbons (Fsp3) is 0.500. The van der Waals surface area contributed by atoms with Gasteiger partial charge in [-0.1, -0.05) is 0 Å². The van der Waals surface area contributed by atoms with Gasteiger partial charge in [0.1, 0.15) is 11.4 Å². The van der Waals surface area contributed by atoms with E-state index in [1.54, 1.807) is 12.3 Å². The van der Waals surface area contributed by atoms with E-state index < -0.39 is 5.54 Å². The number of H-pyrrole nitrogens is 1. The van der Waals surface area contributed by atoms with Crippen LogP contribution in [0.3, 0.4) is 0 Å². The minimum Gasteiger partial charge on any atom is -0.379 e. The molecule has 1 aliphatic rings. The zero-order chi connectivity index (χ0) is 10.0. The first-order valence-corrected chi connectivity index (χ1v) is 4.38. The molecule has 1 unspecified atom stereocenters. The molecule has 1 aromatic heterocycles. The van der Waals surface area contributed by atoms with Gasteiger partial charge in [-0.25, -0.2) is 0 Å². The monoisotopic (exact) mass is 196 g/mol. The Kier molecular flexibility index (Phi) is 2.22. The fourth-order valence-electron chi connectivity index (χ4n) is 1.33. The van der Waals surface area contributed by atoms with Gasteiger partial charge < -0.3 is 15.8 Å². The summed E-state index contributed by atoms with van der Waals surface area (Å²) in [6, 6.07) is 1.66. The first-order chi connectivity index (χ1) is 6.71. The van der Waals surface area contributed by atoms with Crippen LogP contribution < -0.4 is 11.1 Å². The molecule has 1 atom stereocenters. The summed E-state index contributed by atoms with van der Waals surface area (Å²) >= 11 is 0. The quantitative estimate of drug-likeness (QED) is 0.592. The van der Waals surface area contributed by atoms with Crippen molar-refractivity contribution in [3.8, 4) is 0 Å². The van der Waals surface area contributed by atoms with Crippen molar-refractivity contribution in [2.24, 2.45) is 5.73 Å². The van der Waals surface area contributed by atoms with Crippen molar-refractivity contribution in [2.45, 2.75) is 12.0 Å². The number of hydrogen-bond acceptors (Lipinski definition) is 4. The van der Waals surface area contributed by atoms with E-state index in [9.17, 15) is 4.79 Å². The molecule has 1 aliphatic heterocycles. The van der Waals surface area contributed by atoms with Gasteiger partial charge in [-0.05, 0) is 6.42 Å². The van der Waals surface area contributed by atoms with E-state index in [0.29, 0.717) is 18.8 Å². The molecule has 1 aromatic rings. The summed E-state index contributed by atoms with van der Waals surface area (Å²) in [5.41, 5.74) is 4.95. The topological polar surface area (TPSA) is 93.0 Å². The van der Waals surface area contributed by atoms with Gasteiger partial charge in [0.2, 0.25) is 5.91 Å². The third kappa shape index (κ3) is 1.61. The van der Waals surface area contributed by atoms with Crippen molar-refractivity contribution in [3.05, 3.63) is 12.3 Å². The molecule has 0 radical (unpaired) electrons. The Morgan fingerprint density at radius 3 is 3.21 bits per heavy atom. The van der Waals surface area contributed by atoms with Gasteiger partial charge in [0.25, 0.3) is 0 Å². The number of carbonyl (C=O) groups is 1. The van der Waals surface area contributed by atoms with Gasteiger partial charge in [-0.2, -0.15) is 5.10 Å². The van der Waals surface area contributed by atoms with Crippen LogP contribution in [0, 0.1) is 0 Å². The second-order valence-corrected chi connectivity index (χ2v) is 3.38. The van der Waals surface area contributed by atoms with Crippen LogP contribution in [-0.4, -0.2) is 34.9 Å². The molecule has 14 heavy (non-hydrogen) atoms. The van der Waals surface area contributed by atoms with Crippen LogP contribution in [0.25, 0.3) is 0 Å². The summed E-state index contributed by atoms with van der Waals surface area (Å²) in [7, 11) is 0. The van der Waals surface area contributed by atoms with Crippen molar-refractivity contribution >= 4 is 11.7 Å². The molecule has 2 heterocycles. The number of anilines is 1. The number of nitrogens with zero attached hydrogens (tertiary/aromatic N) is 1. The Morgan fingerprint density at radius 2 is 2.64 bits per heavy atom. The van der Waals surface area contributed by atoms with E-state index in [0.717, 1.165) is 0 Å². The molecule has 0 saturated carbocycles. The highest BCUT2D eigenvalue weighted by Gasteiger charge is 2.38. The molecule has 1 saturated heterocycles. The normalized spacial score (nSPS) is 26.4. The maximum Gasteiger partial charge on any atom is 0.248 e. The highest BCUT2D eigenvalue weighted by molar-refractivity contribution is 5.97. The minimum atomic E-state index is -0.898. The Morgan fingerprint density at radius 1 is 1.79 bits per heavy atom. The largest absolute Gasteiger partial charge is 0.379 e. The summed E-state index contributed by atoms with van der Waals surface area (Å²) in [5.74, 6) is 0.311. The van der Waals surface area contributed by atoms with E-state index in [-0.39, 0.29) is 12.5 Å². The van der Waals surface area contributed by atoms with Gasteiger partial charge in [0.05, 0.1) is 12.8 Å². The summed E-state index contributed by atoms with van der Waals surface area (Å²) in [4.78, 5) is 11.7. The molecule has 2 rings (SSSR count). The molecule has 1 fully saturated rings. The van der Waals surface area contributed by atoms with Gasteiger partial charge in [-0.3, -0.25) is 9.89 Å². The lowest BCUT2D eigenvalue weighted by Gasteiger charge is -2.19. The van der Waals surface area contributed by atoms with Crippen LogP contribution in [-0.2, 0) is 9.53 Å². The molecule has 1 amide bonds. The molecule has 0 aromatic carbocycles. The summed E-state index contributed by atoms with van der Waals surface area (Å²) in [6.07, 6.45) is 2.11. The zero-order valence-corrected chi connectivity index (χ0v) is 7.62. The van der Waals surface area contributed by atoms with Crippen LogP contribution >= 0.6 is 0 Å². The summed E-state index contributed by atoms with van der Waals surface area (Å²) in [6.45, 7) is 0.805. The average molecular weight is 196 g/mol. The van der Waals surface area contributed by atoms with E-state index >= 15 is 0 Å². The van der Waals surface area contributed by atoms with Crippen molar-refractivity contribution < 1.29 is 9.53 Å². The predicted octanol–water partition coefficient (Wildman–Crippen LogP) is -0.534. The Balaban J connectivity index is 2.02. The SMILES string of the molecule is NC1(C(=O)Nc2ccn[nH]2)CCOC1. The van der Waals surface area contributed by atoms with E-state index in [1.165, 1.54) is 0 Å². The van der Waals surface area contributed by atoms with Crippen molar-refractivity contribution in [1.82, 2.24) is 10.2 Å². The number of hydrogen-bond donors (Lipinski definition) is 3. The second kappa shape index (κ2) is 3.39. The molecular formula is C8H12N4O2. The zero-order valence-electron chi connectivity index (χ0n) is 7.62. The lowest BCUT2D eigenvalue weighted by Crippen LogP contribution is -2.51. The van der Waals surface area contributed by atoms with E-state index in [4.69, 9.17) is 10.5 Å². The van der Waals surface area contributed by atoms with Crippen molar-refractivity contribution in [2.75, 3.05) is 18.5 Å². The average Bonchev–Trinajstić information content (AvgIpc) is 2.76. The number of aromatic nitrogens is 2. The smallest absolute Gasteiger partial charge is 0.248 e. The number of nitrogens with two attached hydrogens (primary N) is 1. The standard InChI is InChI=1S/C8H12N4O2/c9-8(2-4-14-5-8)7(13)11-6-1-3-10-12-6/h1,3H,2,4-5,9H2,(H2,10,11,12,13). The number of ether oxygens (including phenoxy) is 1. The maximum atomic E-state index is 11.7. The predicted molar refractivity (Wildman–Crippen MR) is 49.6 cm³/mol. The lowest BCUT2D eigenvalue weighted by molar-refractivity contribution is -0.121. The van der Waals surface area contributed by atoms with Gasteiger partial charge in [0.15, 0.2) is 0 Å². The Labute approximate surface area is 80.8 Å². The summed E-state index contributed by atoms with van der Waals surface area (Å²) < 4.78 is 5.09. The van der Waals surface area contributed by atoms with E-state index in [1.807, 2.05) is 0 Å². The Bertz CT molecular complexity index is 316. The highest BCUT2D eigenvalue weighted by Crippen LogP contribution is 2.17. The first-order valence-electron chi connectivity index (χ1n) is 4.38. The minimum absolute atomic E-state index is 0.237. The number of carbonyl (C=O) groups excluding carboxylic acids is 1.